The number of ether oxygens (including phenoxy) is 2. The third kappa shape index (κ3) is 3.53. The zero-order valence-electron chi connectivity index (χ0n) is 13.2. The SMILES string of the molecule is CCN(Cc1ccc2c(c1)OCO2)C(=O)/C=C/c1cnn(C)c1. The van der Waals surface area contributed by atoms with Crippen LogP contribution in [0.4, 0.5) is 0 Å². The molecule has 1 amide bonds. The molecule has 0 saturated carbocycles. The predicted octanol–water partition coefficient (Wildman–Crippen LogP) is 2.21. The average molecular weight is 313 g/mol. The Morgan fingerprint density at radius 3 is 2.96 bits per heavy atom. The molecule has 0 N–H and O–H groups in total. The molecule has 2 heterocycles. The van der Waals surface area contributed by atoms with Gasteiger partial charge < -0.3 is 14.4 Å². The molecule has 0 radical (unpaired) electrons. The standard InChI is InChI=1S/C17H19N3O3/c1-3-20(17(21)7-5-14-9-18-19(2)10-14)11-13-4-6-15-16(8-13)23-12-22-15/h4-10H,3,11-12H2,1-2H3/b7-5+. The van der Waals surface area contributed by atoms with Gasteiger partial charge in [0.2, 0.25) is 12.7 Å². The van der Waals surface area contributed by atoms with Gasteiger partial charge in [-0.05, 0) is 30.7 Å². The van der Waals surface area contributed by atoms with Crippen molar-refractivity contribution in [2.45, 2.75) is 13.5 Å². The Kier molecular flexibility index (Phi) is 4.32. The monoisotopic (exact) mass is 313 g/mol. The van der Waals surface area contributed by atoms with Gasteiger partial charge in [-0.1, -0.05) is 6.07 Å². The van der Waals surface area contributed by atoms with E-state index in [0.717, 1.165) is 22.6 Å². The van der Waals surface area contributed by atoms with Gasteiger partial charge in [0.05, 0.1) is 6.20 Å². The van der Waals surface area contributed by atoms with Crippen molar-refractivity contribution in [1.29, 1.82) is 0 Å². The molecule has 0 atom stereocenters. The molecule has 0 unspecified atom stereocenters. The smallest absolute Gasteiger partial charge is 0.246 e. The van der Waals surface area contributed by atoms with Gasteiger partial charge >= 0.3 is 0 Å². The lowest BCUT2D eigenvalue weighted by Gasteiger charge is -2.19. The summed E-state index contributed by atoms with van der Waals surface area (Å²) in [4.78, 5) is 14.1. The van der Waals surface area contributed by atoms with E-state index in [9.17, 15) is 4.79 Å². The number of hydrogen-bond donors (Lipinski definition) is 0. The highest BCUT2D eigenvalue weighted by Gasteiger charge is 2.15. The Bertz CT molecular complexity index is 736. The summed E-state index contributed by atoms with van der Waals surface area (Å²) in [6.45, 7) is 3.37. The van der Waals surface area contributed by atoms with Gasteiger partial charge in [-0.25, -0.2) is 0 Å². The molecule has 1 aromatic carbocycles. The van der Waals surface area contributed by atoms with E-state index < -0.39 is 0 Å². The van der Waals surface area contributed by atoms with Crippen molar-refractivity contribution in [1.82, 2.24) is 14.7 Å². The van der Waals surface area contributed by atoms with E-state index in [1.165, 1.54) is 0 Å². The van der Waals surface area contributed by atoms with E-state index in [-0.39, 0.29) is 12.7 Å². The third-order valence-corrected chi connectivity index (χ3v) is 3.65. The quantitative estimate of drug-likeness (QED) is 0.794. The second kappa shape index (κ2) is 6.56. The average Bonchev–Trinajstić information content (AvgIpc) is 3.18. The van der Waals surface area contributed by atoms with Crippen LogP contribution in [0, 0.1) is 0 Å². The Hall–Kier alpha value is -2.76. The van der Waals surface area contributed by atoms with Crippen LogP contribution < -0.4 is 9.47 Å². The first-order valence-corrected chi connectivity index (χ1v) is 7.50. The van der Waals surface area contributed by atoms with Crippen LogP contribution in [-0.4, -0.2) is 33.9 Å². The zero-order chi connectivity index (χ0) is 16.2. The van der Waals surface area contributed by atoms with Crippen molar-refractivity contribution in [3.05, 3.63) is 47.8 Å². The molecule has 0 fully saturated rings. The number of aromatic nitrogens is 2. The van der Waals surface area contributed by atoms with Gasteiger partial charge in [-0.2, -0.15) is 5.10 Å². The van der Waals surface area contributed by atoms with Crippen molar-refractivity contribution < 1.29 is 14.3 Å². The molecule has 0 aliphatic carbocycles. The van der Waals surface area contributed by atoms with Gasteiger partial charge in [0.15, 0.2) is 11.5 Å². The van der Waals surface area contributed by atoms with E-state index in [1.54, 1.807) is 27.9 Å². The van der Waals surface area contributed by atoms with Gasteiger partial charge in [-0.3, -0.25) is 9.48 Å². The summed E-state index contributed by atoms with van der Waals surface area (Å²) in [5.41, 5.74) is 1.92. The fourth-order valence-electron chi connectivity index (χ4n) is 2.40. The van der Waals surface area contributed by atoms with E-state index in [4.69, 9.17) is 9.47 Å². The van der Waals surface area contributed by atoms with E-state index in [1.807, 2.05) is 38.4 Å². The molecule has 0 bridgehead atoms. The largest absolute Gasteiger partial charge is 0.454 e. The fraction of sp³-hybridized carbons (Fsp3) is 0.294. The summed E-state index contributed by atoms with van der Waals surface area (Å²) >= 11 is 0. The number of aryl methyl sites for hydroxylation is 1. The number of benzene rings is 1. The molecular weight excluding hydrogens is 294 g/mol. The second-order valence-corrected chi connectivity index (χ2v) is 5.32. The molecule has 0 spiro atoms. The highest BCUT2D eigenvalue weighted by Crippen LogP contribution is 2.32. The fourth-order valence-corrected chi connectivity index (χ4v) is 2.40. The number of carbonyl (C=O) groups excluding carboxylic acids is 1. The van der Waals surface area contributed by atoms with Crippen LogP contribution in [0.1, 0.15) is 18.1 Å². The number of carbonyl (C=O) groups is 1. The minimum absolute atomic E-state index is 0.0333. The van der Waals surface area contributed by atoms with Gasteiger partial charge in [0, 0.05) is 38.0 Å². The Balaban J connectivity index is 1.67. The second-order valence-electron chi connectivity index (χ2n) is 5.32. The van der Waals surface area contributed by atoms with Crippen molar-refractivity contribution in [2.75, 3.05) is 13.3 Å². The lowest BCUT2D eigenvalue weighted by Crippen LogP contribution is -2.28. The number of rotatable bonds is 5. The third-order valence-electron chi connectivity index (χ3n) is 3.65. The maximum Gasteiger partial charge on any atom is 0.246 e. The van der Waals surface area contributed by atoms with Crippen LogP contribution >= 0.6 is 0 Å². The zero-order valence-corrected chi connectivity index (χ0v) is 13.2. The first-order chi connectivity index (χ1) is 11.2. The first kappa shape index (κ1) is 15.1. The topological polar surface area (TPSA) is 56.6 Å². The van der Waals surface area contributed by atoms with Crippen molar-refractivity contribution >= 4 is 12.0 Å². The van der Waals surface area contributed by atoms with Crippen LogP contribution in [0.15, 0.2) is 36.7 Å². The number of hydrogen-bond acceptors (Lipinski definition) is 4. The van der Waals surface area contributed by atoms with E-state index >= 15 is 0 Å². The summed E-state index contributed by atoms with van der Waals surface area (Å²) < 4.78 is 12.4. The molecule has 1 aliphatic rings. The molecule has 120 valence electrons. The van der Waals surface area contributed by atoms with Crippen molar-refractivity contribution in [2.24, 2.45) is 7.05 Å². The maximum atomic E-state index is 12.3. The van der Waals surface area contributed by atoms with Crippen LogP contribution in [0.5, 0.6) is 11.5 Å². The van der Waals surface area contributed by atoms with Gasteiger partial charge in [0.25, 0.3) is 0 Å². The molecule has 6 heteroatoms. The van der Waals surface area contributed by atoms with E-state index in [2.05, 4.69) is 5.10 Å². The van der Waals surface area contributed by atoms with Gasteiger partial charge in [0.1, 0.15) is 0 Å². The number of nitrogens with zero attached hydrogens (tertiary/aromatic N) is 3. The van der Waals surface area contributed by atoms with Crippen LogP contribution in [0.25, 0.3) is 6.08 Å². The maximum absolute atomic E-state index is 12.3. The van der Waals surface area contributed by atoms with Crippen LogP contribution in [0.3, 0.4) is 0 Å². The Morgan fingerprint density at radius 2 is 2.22 bits per heavy atom. The molecule has 23 heavy (non-hydrogen) atoms. The van der Waals surface area contributed by atoms with Crippen LogP contribution in [-0.2, 0) is 18.4 Å². The number of amides is 1. The molecule has 0 saturated heterocycles. The lowest BCUT2D eigenvalue weighted by atomic mass is 10.2. The number of likely N-dealkylation sites (N-methyl/N-ethyl adjacent to an activating group) is 1. The molecule has 2 aromatic rings. The highest BCUT2D eigenvalue weighted by atomic mass is 16.7. The molecule has 1 aliphatic heterocycles. The first-order valence-electron chi connectivity index (χ1n) is 7.50. The molecule has 1 aromatic heterocycles. The summed E-state index contributed by atoms with van der Waals surface area (Å²) in [6.07, 6.45) is 6.93. The van der Waals surface area contributed by atoms with Crippen molar-refractivity contribution in [3.8, 4) is 11.5 Å². The van der Waals surface area contributed by atoms with Crippen LogP contribution in [0.2, 0.25) is 0 Å². The predicted molar refractivity (Wildman–Crippen MR) is 85.9 cm³/mol. The summed E-state index contributed by atoms with van der Waals surface area (Å²) in [5, 5.41) is 4.08. The Morgan fingerprint density at radius 1 is 1.39 bits per heavy atom. The number of fused-ring (bicyclic) bond motifs is 1. The summed E-state index contributed by atoms with van der Waals surface area (Å²) in [5.74, 6) is 1.45. The summed E-state index contributed by atoms with van der Waals surface area (Å²) in [6, 6.07) is 5.75. The molecule has 6 nitrogen and oxygen atoms in total. The normalized spacial score (nSPS) is 12.8. The van der Waals surface area contributed by atoms with Gasteiger partial charge in [-0.15, -0.1) is 0 Å². The van der Waals surface area contributed by atoms with Crippen molar-refractivity contribution in [3.63, 3.8) is 0 Å². The Labute approximate surface area is 134 Å². The summed E-state index contributed by atoms with van der Waals surface area (Å²) in [7, 11) is 1.84. The lowest BCUT2D eigenvalue weighted by molar-refractivity contribution is -0.126. The molecular formula is C17H19N3O3. The molecule has 3 rings (SSSR count). The minimum Gasteiger partial charge on any atom is -0.454 e. The highest BCUT2D eigenvalue weighted by molar-refractivity contribution is 5.91. The van der Waals surface area contributed by atoms with E-state index in [0.29, 0.717) is 13.1 Å². The minimum atomic E-state index is -0.0333.